The third kappa shape index (κ3) is 5.37. The van der Waals surface area contributed by atoms with Gasteiger partial charge in [-0.3, -0.25) is 0 Å². The Bertz CT molecular complexity index is 435. The van der Waals surface area contributed by atoms with Gasteiger partial charge in [-0.25, -0.2) is 0 Å². The van der Waals surface area contributed by atoms with Crippen LogP contribution in [-0.2, 0) is 0 Å². The number of hydrogen-bond donors (Lipinski definition) is 1. The molecule has 0 radical (unpaired) electrons. The maximum Gasteiger partial charge on any atom is 0.0414 e. The normalized spacial score (nSPS) is 13.1. The molecule has 1 heteroatoms. The van der Waals surface area contributed by atoms with Crippen LogP contribution in [0, 0.1) is 5.41 Å². The Morgan fingerprint density at radius 3 is 1.62 bits per heavy atom. The van der Waals surface area contributed by atoms with Crippen LogP contribution in [0.1, 0.15) is 91.7 Å². The lowest BCUT2D eigenvalue weighted by Crippen LogP contribution is -2.36. The molecule has 0 atom stereocenters. The minimum atomic E-state index is 0.0902. The molecular formula is C20H35N. The van der Waals surface area contributed by atoms with Crippen molar-refractivity contribution in [2.24, 2.45) is 5.41 Å². The first kappa shape index (κ1) is 18.1. The smallest absolute Gasteiger partial charge is 0.0414 e. The zero-order chi connectivity index (χ0) is 16.4. The molecule has 0 fully saturated rings. The Kier molecular flexibility index (Phi) is 5.52. The van der Waals surface area contributed by atoms with Crippen LogP contribution >= 0.6 is 0 Å². The lowest BCUT2D eigenvalue weighted by Gasteiger charge is -2.36. The summed E-state index contributed by atoms with van der Waals surface area (Å²) < 4.78 is 0. The molecule has 0 aliphatic rings. The van der Waals surface area contributed by atoms with Gasteiger partial charge in [-0.15, -0.1) is 0 Å². The highest BCUT2D eigenvalue weighted by atomic mass is 15.0. The van der Waals surface area contributed by atoms with Crippen LogP contribution in [-0.4, -0.2) is 5.54 Å². The highest BCUT2D eigenvalue weighted by molar-refractivity contribution is 5.61. The van der Waals surface area contributed by atoms with Gasteiger partial charge in [-0.1, -0.05) is 66.7 Å². The van der Waals surface area contributed by atoms with Gasteiger partial charge in [-0.2, -0.15) is 0 Å². The van der Waals surface area contributed by atoms with Crippen molar-refractivity contribution in [1.29, 1.82) is 0 Å². The summed E-state index contributed by atoms with van der Waals surface area (Å²) in [7, 11) is 0. The summed E-state index contributed by atoms with van der Waals surface area (Å²) in [6, 6.07) is 6.74. The van der Waals surface area contributed by atoms with Crippen molar-refractivity contribution in [3.8, 4) is 0 Å². The lowest BCUT2D eigenvalue weighted by atomic mass is 9.81. The van der Waals surface area contributed by atoms with E-state index in [0.717, 1.165) is 6.42 Å². The highest BCUT2D eigenvalue weighted by Crippen LogP contribution is 2.37. The number of nitrogens with one attached hydrogen (secondary N) is 1. The zero-order valence-corrected chi connectivity index (χ0v) is 15.6. The van der Waals surface area contributed by atoms with E-state index >= 15 is 0 Å². The minimum absolute atomic E-state index is 0.0902. The summed E-state index contributed by atoms with van der Waals surface area (Å²) in [5.41, 5.74) is 4.64. The van der Waals surface area contributed by atoms with Gasteiger partial charge >= 0.3 is 0 Å². The van der Waals surface area contributed by atoms with E-state index in [-0.39, 0.29) is 5.54 Å². The second-order valence-corrected chi connectivity index (χ2v) is 8.87. The Labute approximate surface area is 132 Å². The Hall–Kier alpha value is -0.980. The summed E-state index contributed by atoms with van der Waals surface area (Å²) in [5.74, 6) is 1.08. The Balaban J connectivity index is 3.22. The van der Waals surface area contributed by atoms with E-state index < -0.39 is 0 Å². The van der Waals surface area contributed by atoms with Gasteiger partial charge in [0.1, 0.15) is 0 Å². The average molecular weight is 290 g/mol. The van der Waals surface area contributed by atoms with Crippen molar-refractivity contribution < 1.29 is 0 Å². The molecule has 1 nitrogen and oxygen atoms in total. The quantitative estimate of drug-likeness (QED) is 0.647. The van der Waals surface area contributed by atoms with E-state index in [4.69, 9.17) is 0 Å². The van der Waals surface area contributed by atoms with E-state index in [0.29, 0.717) is 17.3 Å². The van der Waals surface area contributed by atoms with Crippen molar-refractivity contribution in [1.82, 2.24) is 0 Å². The molecule has 0 spiro atoms. The first-order valence-electron chi connectivity index (χ1n) is 8.34. The minimum Gasteiger partial charge on any atom is -0.380 e. The molecule has 0 saturated heterocycles. The van der Waals surface area contributed by atoms with Crippen LogP contribution in [0.15, 0.2) is 18.2 Å². The summed E-state index contributed by atoms with van der Waals surface area (Å²) >= 11 is 0. The molecule has 0 bridgehead atoms. The summed E-state index contributed by atoms with van der Waals surface area (Å²) in [4.78, 5) is 0. The van der Waals surface area contributed by atoms with Crippen LogP contribution in [0.5, 0.6) is 0 Å². The first-order chi connectivity index (χ1) is 9.43. The number of para-hydroxylation sites is 1. The fraction of sp³-hybridized carbons (Fsp3) is 0.700. The van der Waals surface area contributed by atoms with Crippen molar-refractivity contribution in [3.63, 3.8) is 0 Å². The predicted molar refractivity (Wildman–Crippen MR) is 96.4 cm³/mol. The van der Waals surface area contributed by atoms with E-state index in [1.54, 1.807) is 0 Å². The molecule has 0 amide bonds. The molecule has 21 heavy (non-hydrogen) atoms. The third-order valence-corrected chi connectivity index (χ3v) is 3.81. The maximum absolute atomic E-state index is 3.87. The molecule has 120 valence electrons. The topological polar surface area (TPSA) is 12.0 Å². The molecule has 0 aliphatic carbocycles. The van der Waals surface area contributed by atoms with Crippen molar-refractivity contribution in [2.75, 3.05) is 5.32 Å². The molecule has 0 aromatic heterocycles. The van der Waals surface area contributed by atoms with Gasteiger partial charge in [0.2, 0.25) is 0 Å². The molecule has 0 unspecified atom stereocenters. The Morgan fingerprint density at radius 2 is 1.29 bits per heavy atom. The van der Waals surface area contributed by atoms with Gasteiger partial charge in [0.15, 0.2) is 0 Å². The highest BCUT2D eigenvalue weighted by Gasteiger charge is 2.27. The maximum atomic E-state index is 3.87. The standard InChI is InChI=1S/C20H35N/c1-14(2)16-11-10-12-17(15(3)4)18(16)21-20(8,9)13-19(5,6)7/h10-12,14-15,21H,13H2,1-9H3. The van der Waals surface area contributed by atoms with E-state index in [2.05, 4.69) is 85.8 Å². The molecule has 1 rings (SSSR count). The van der Waals surface area contributed by atoms with Gasteiger partial charge in [0.05, 0.1) is 0 Å². The van der Waals surface area contributed by atoms with Gasteiger partial charge < -0.3 is 5.32 Å². The van der Waals surface area contributed by atoms with E-state index in [1.165, 1.54) is 16.8 Å². The fourth-order valence-corrected chi connectivity index (χ4v) is 3.40. The van der Waals surface area contributed by atoms with Crippen LogP contribution in [0.3, 0.4) is 0 Å². The number of anilines is 1. The van der Waals surface area contributed by atoms with E-state index in [9.17, 15) is 0 Å². The largest absolute Gasteiger partial charge is 0.380 e. The lowest BCUT2D eigenvalue weighted by molar-refractivity contribution is 0.302. The predicted octanol–water partition coefficient (Wildman–Crippen LogP) is 6.56. The fourth-order valence-electron chi connectivity index (χ4n) is 3.40. The molecule has 1 aromatic carbocycles. The van der Waals surface area contributed by atoms with Crippen LogP contribution in [0.2, 0.25) is 0 Å². The van der Waals surface area contributed by atoms with Crippen LogP contribution < -0.4 is 5.32 Å². The molecule has 0 heterocycles. The first-order valence-corrected chi connectivity index (χ1v) is 8.34. The van der Waals surface area contributed by atoms with Gasteiger partial charge in [0.25, 0.3) is 0 Å². The van der Waals surface area contributed by atoms with Crippen LogP contribution in [0.4, 0.5) is 5.69 Å². The number of hydrogen-bond acceptors (Lipinski definition) is 1. The van der Waals surface area contributed by atoms with Crippen molar-refractivity contribution in [2.45, 2.75) is 86.1 Å². The van der Waals surface area contributed by atoms with Crippen molar-refractivity contribution >= 4 is 5.69 Å². The van der Waals surface area contributed by atoms with Crippen molar-refractivity contribution in [3.05, 3.63) is 29.3 Å². The summed E-state index contributed by atoms with van der Waals surface area (Å²) in [5, 5.41) is 3.87. The van der Waals surface area contributed by atoms with Gasteiger partial charge in [-0.05, 0) is 48.6 Å². The monoisotopic (exact) mass is 289 g/mol. The molecule has 1 N–H and O–H groups in total. The summed E-state index contributed by atoms with van der Waals surface area (Å²) in [6.45, 7) is 20.7. The molecule has 0 saturated carbocycles. The second kappa shape index (κ2) is 6.42. The Morgan fingerprint density at radius 1 is 0.857 bits per heavy atom. The average Bonchev–Trinajstić information content (AvgIpc) is 2.24. The zero-order valence-electron chi connectivity index (χ0n) is 15.6. The second-order valence-electron chi connectivity index (χ2n) is 8.87. The molecule has 0 aliphatic heterocycles. The number of rotatable bonds is 5. The third-order valence-electron chi connectivity index (χ3n) is 3.81. The van der Waals surface area contributed by atoms with E-state index in [1.807, 2.05) is 0 Å². The summed E-state index contributed by atoms with van der Waals surface area (Å²) in [6.07, 6.45) is 1.14. The SMILES string of the molecule is CC(C)c1cccc(C(C)C)c1NC(C)(C)CC(C)(C)C. The van der Waals surface area contributed by atoms with Gasteiger partial charge in [0, 0.05) is 11.2 Å². The van der Waals surface area contributed by atoms with Crippen LogP contribution in [0.25, 0.3) is 0 Å². The molecular weight excluding hydrogens is 254 g/mol. The number of benzene rings is 1. The molecule has 1 aromatic rings.